The van der Waals surface area contributed by atoms with Crippen molar-refractivity contribution in [3.05, 3.63) is 0 Å². The van der Waals surface area contributed by atoms with Crippen LogP contribution in [-0.2, 0) is 9.59 Å². The molecule has 0 aromatic rings. The summed E-state index contributed by atoms with van der Waals surface area (Å²) in [7, 11) is 0. The molecule has 1 amide bonds. The Labute approximate surface area is 90.3 Å². The van der Waals surface area contributed by atoms with Gasteiger partial charge in [-0.15, -0.1) is 0 Å². The normalized spacial score (nSPS) is 36.4. The van der Waals surface area contributed by atoms with Crippen molar-refractivity contribution in [1.82, 2.24) is 4.90 Å². The summed E-state index contributed by atoms with van der Waals surface area (Å²) in [6.07, 6.45) is 0.765. The van der Waals surface area contributed by atoms with E-state index in [0.717, 1.165) is 6.42 Å². The van der Waals surface area contributed by atoms with Gasteiger partial charge < -0.3 is 10.0 Å². The summed E-state index contributed by atoms with van der Waals surface area (Å²) < 4.78 is 0. The molecule has 0 saturated carbocycles. The van der Waals surface area contributed by atoms with Crippen molar-refractivity contribution in [2.45, 2.75) is 46.2 Å². The summed E-state index contributed by atoms with van der Waals surface area (Å²) in [5.41, 5.74) is 0. The zero-order valence-corrected chi connectivity index (χ0v) is 9.73. The van der Waals surface area contributed by atoms with Gasteiger partial charge in [0, 0.05) is 19.0 Å². The molecule has 0 radical (unpaired) electrons. The van der Waals surface area contributed by atoms with Gasteiger partial charge in [0.2, 0.25) is 5.91 Å². The quantitative estimate of drug-likeness (QED) is 0.715. The minimum atomic E-state index is -0.798. The molecule has 4 heteroatoms. The van der Waals surface area contributed by atoms with Gasteiger partial charge >= 0.3 is 5.97 Å². The van der Waals surface area contributed by atoms with Gasteiger partial charge in [-0.25, -0.2) is 0 Å². The van der Waals surface area contributed by atoms with Gasteiger partial charge in [0.25, 0.3) is 0 Å². The van der Waals surface area contributed by atoms with Crippen LogP contribution >= 0.6 is 0 Å². The summed E-state index contributed by atoms with van der Waals surface area (Å²) in [4.78, 5) is 24.2. The van der Waals surface area contributed by atoms with Crippen LogP contribution in [0.25, 0.3) is 0 Å². The fourth-order valence-corrected chi connectivity index (χ4v) is 2.89. The Hall–Kier alpha value is -1.06. The molecule has 0 aromatic heterocycles. The number of carbonyl (C=O) groups is 2. The van der Waals surface area contributed by atoms with Crippen molar-refractivity contribution in [2.75, 3.05) is 0 Å². The SMILES string of the molecule is CC(=O)N1C(C)CC(C)C(C(=O)O)C1C. The van der Waals surface area contributed by atoms with E-state index in [4.69, 9.17) is 5.11 Å². The molecular formula is C11H19NO3. The summed E-state index contributed by atoms with van der Waals surface area (Å²) >= 11 is 0. The van der Waals surface area contributed by atoms with Crippen molar-refractivity contribution in [3.63, 3.8) is 0 Å². The molecular weight excluding hydrogens is 194 g/mol. The lowest BCUT2D eigenvalue weighted by molar-refractivity contribution is -0.153. The number of hydrogen-bond acceptors (Lipinski definition) is 2. The fourth-order valence-electron chi connectivity index (χ4n) is 2.89. The number of rotatable bonds is 1. The number of carboxylic acids is 1. The van der Waals surface area contributed by atoms with Crippen LogP contribution in [0.3, 0.4) is 0 Å². The van der Waals surface area contributed by atoms with E-state index in [0.29, 0.717) is 0 Å². The van der Waals surface area contributed by atoms with E-state index in [1.165, 1.54) is 6.92 Å². The van der Waals surface area contributed by atoms with E-state index in [1.54, 1.807) is 4.90 Å². The minimum absolute atomic E-state index is 0.0341. The van der Waals surface area contributed by atoms with Crippen molar-refractivity contribution in [3.8, 4) is 0 Å². The fraction of sp³-hybridized carbons (Fsp3) is 0.818. The van der Waals surface area contributed by atoms with E-state index < -0.39 is 11.9 Å². The van der Waals surface area contributed by atoms with E-state index in [2.05, 4.69) is 0 Å². The molecule has 1 saturated heterocycles. The predicted octanol–water partition coefficient (Wildman–Crippen LogP) is 1.35. The average Bonchev–Trinajstić information content (AvgIpc) is 1.99. The van der Waals surface area contributed by atoms with Crippen molar-refractivity contribution >= 4 is 11.9 Å². The number of carbonyl (C=O) groups excluding carboxylic acids is 1. The van der Waals surface area contributed by atoms with Gasteiger partial charge in [0.1, 0.15) is 0 Å². The lowest BCUT2D eigenvalue weighted by atomic mass is 9.78. The minimum Gasteiger partial charge on any atom is -0.481 e. The number of likely N-dealkylation sites (tertiary alicyclic amines) is 1. The third kappa shape index (κ3) is 2.13. The van der Waals surface area contributed by atoms with Crippen LogP contribution in [0.2, 0.25) is 0 Å². The topological polar surface area (TPSA) is 57.6 Å². The molecule has 4 unspecified atom stereocenters. The monoisotopic (exact) mass is 213 g/mol. The molecule has 1 aliphatic heterocycles. The summed E-state index contributed by atoms with van der Waals surface area (Å²) in [6.45, 7) is 7.25. The molecule has 1 N–H and O–H groups in total. The Bertz CT molecular complexity index is 251. The van der Waals surface area contributed by atoms with Crippen LogP contribution in [0.15, 0.2) is 0 Å². The highest BCUT2D eigenvalue weighted by Crippen LogP contribution is 2.32. The third-order valence-corrected chi connectivity index (χ3v) is 3.41. The summed E-state index contributed by atoms with van der Waals surface area (Å²) in [6, 6.07) is -0.0677. The molecule has 0 spiro atoms. The number of nitrogens with zero attached hydrogens (tertiary/aromatic N) is 1. The Balaban J connectivity index is 2.94. The molecule has 1 rings (SSSR count). The van der Waals surface area contributed by atoms with Gasteiger partial charge in [-0.3, -0.25) is 9.59 Å². The Morgan fingerprint density at radius 3 is 2.20 bits per heavy atom. The van der Waals surface area contributed by atoms with Crippen LogP contribution in [0, 0.1) is 11.8 Å². The van der Waals surface area contributed by atoms with Crippen molar-refractivity contribution in [2.24, 2.45) is 11.8 Å². The first-order valence-corrected chi connectivity index (χ1v) is 5.38. The molecule has 86 valence electrons. The summed E-state index contributed by atoms with van der Waals surface area (Å²) in [5, 5.41) is 9.13. The molecule has 4 nitrogen and oxygen atoms in total. The first kappa shape index (κ1) is 12.0. The first-order valence-electron chi connectivity index (χ1n) is 5.38. The van der Waals surface area contributed by atoms with Crippen LogP contribution in [-0.4, -0.2) is 34.0 Å². The Morgan fingerprint density at radius 1 is 1.27 bits per heavy atom. The van der Waals surface area contributed by atoms with Crippen molar-refractivity contribution in [1.29, 1.82) is 0 Å². The largest absolute Gasteiger partial charge is 0.481 e. The molecule has 0 bridgehead atoms. The van der Waals surface area contributed by atoms with E-state index in [-0.39, 0.29) is 23.9 Å². The maximum absolute atomic E-state index is 11.4. The lowest BCUT2D eigenvalue weighted by Crippen LogP contribution is -2.55. The number of amides is 1. The maximum Gasteiger partial charge on any atom is 0.308 e. The first-order chi connectivity index (χ1) is 6.86. The Kier molecular flexibility index (Phi) is 3.37. The van der Waals surface area contributed by atoms with Gasteiger partial charge in [-0.05, 0) is 26.2 Å². The van der Waals surface area contributed by atoms with Gasteiger partial charge in [0.05, 0.1) is 5.92 Å². The van der Waals surface area contributed by atoms with E-state index >= 15 is 0 Å². The molecule has 1 fully saturated rings. The average molecular weight is 213 g/mol. The van der Waals surface area contributed by atoms with E-state index in [1.807, 2.05) is 20.8 Å². The maximum atomic E-state index is 11.4. The molecule has 0 aliphatic carbocycles. The zero-order valence-electron chi connectivity index (χ0n) is 9.73. The molecule has 1 aliphatic rings. The van der Waals surface area contributed by atoms with Crippen LogP contribution < -0.4 is 0 Å². The van der Waals surface area contributed by atoms with Crippen LogP contribution in [0.1, 0.15) is 34.1 Å². The lowest BCUT2D eigenvalue weighted by Gasteiger charge is -2.45. The van der Waals surface area contributed by atoms with E-state index in [9.17, 15) is 9.59 Å². The number of piperidine rings is 1. The number of aliphatic carboxylic acids is 1. The van der Waals surface area contributed by atoms with Crippen LogP contribution in [0.5, 0.6) is 0 Å². The smallest absolute Gasteiger partial charge is 0.308 e. The number of hydrogen-bond donors (Lipinski definition) is 1. The second kappa shape index (κ2) is 4.21. The van der Waals surface area contributed by atoms with Gasteiger partial charge in [0.15, 0.2) is 0 Å². The summed E-state index contributed by atoms with van der Waals surface area (Å²) in [5.74, 6) is -1.14. The highest BCUT2D eigenvalue weighted by atomic mass is 16.4. The predicted molar refractivity (Wildman–Crippen MR) is 56.4 cm³/mol. The second-order valence-corrected chi connectivity index (χ2v) is 4.59. The van der Waals surface area contributed by atoms with Crippen LogP contribution in [0.4, 0.5) is 0 Å². The zero-order chi connectivity index (χ0) is 11.7. The third-order valence-electron chi connectivity index (χ3n) is 3.41. The van der Waals surface area contributed by atoms with Crippen molar-refractivity contribution < 1.29 is 14.7 Å². The molecule has 0 aromatic carbocycles. The highest BCUT2D eigenvalue weighted by molar-refractivity contribution is 5.77. The standard InChI is InChI=1S/C11H19NO3/c1-6-5-7(2)12(9(4)13)8(3)10(6)11(14)15/h6-8,10H,5H2,1-4H3,(H,14,15). The van der Waals surface area contributed by atoms with Gasteiger partial charge in [-0.2, -0.15) is 0 Å². The molecule has 15 heavy (non-hydrogen) atoms. The second-order valence-electron chi connectivity index (χ2n) is 4.59. The van der Waals surface area contributed by atoms with Gasteiger partial charge in [-0.1, -0.05) is 6.92 Å². The molecule has 1 heterocycles. The highest BCUT2D eigenvalue weighted by Gasteiger charge is 2.41. The molecule has 4 atom stereocenters. The Morgan fingerprint density at radius 2 is 1.80 bits per heavy atom. The number of carboxylic acid groups (broad SMARTS) is 1.